The van der Waals surface area contributed by atoms with Crippen LogP contribution in [0.2, 0.25) is 5.02 Å². The number of aliphatic hydroxyl groups is 1. The van der Waals surface area contributed by atoms with Crippen LogP contribution in [0.15, 0.2) is 18.2 Å². The van der Waals surface area contributed by atoms with Crippen molar-refractivity contribution in [3.05, 3.63) is 28.8 Å². The number of carbonyl (C=O) groups excluding carboxylic acids is 1. The Morgan fingerprint density at radius 2 is 2.12 bits per heavy atom. The highest BCUT2D eigenvalue weighted by atomic mass is 35.5. The minimum Gasteiger partial charge on any atom is -0.492 e. The lowest BCUT2D eigenvalue weighted by Crippen LogP contribution is -2.59. The van der Waals surface area contributed by atoms with Crippen molar-refractivity contribution in [3.8, 4) is 5.75 Å². The number of carbonyl (C=O) groups is 1. The molecule has 2 aliphatic heterocycles. The molecule has 1 saturated carbocycles. The highest BCUT2D eigenvalue weighted by Crippen LogP contribution is 2.32. The second-order valence-corrected chi connectivity index (χ2v) is 8.43. The van der Waals surface area contributed by atoms with Crippen LogP contribution >= 0.6 is 11.6 Å². The first-order chi connectivity index (χ1) is 12.5. The van der Waals surface area contributed by atoms with E-state index in [4.69, 9.17) is 16.3 Å². The van der Waals surface area contributed by atoms with Crippen molar-refractivity contribution in [2.24, 2.45) is 5.92 Å². The number of ether oxygens (including phenoxy) is 1. The zero-order valence-electron chi connectivity index (χ0n) is 15.1. The van der Waals surface area contributed by atoms with Crippen molar-refractivity contribution >= 4 is 17.5 Å². The molecule has 1 amide bonds. The summed E-state index contributed by atoms with van der Waals surface area (Å²) in [5, 5.41) is 11.8. The summed E-state index contributed by atoms with van der Waals surface area (Å²) in [4.78, 5) is 17.0. The topological polar surface area (TPSA) is 53.0 Å². The second-order valence-electron chi connectivity index (χ2n) is 7.99. The van der Waals surface area contributed by atoms with Crippen molar-refractivity contribution in [2.45, 2.75) is 44.2 Å². The highest BCUT2D eigenvalue weighted by molar-refractivity contribution is 6.30. The fourth-order valence-electron chi connectivity index (χ4n) is 4.30. The Morgan fingerprint density at radius 1 is 1.27 bits per heavy atom. The van der Waals surface area contributed by atoms with Gasteiger partial charge in [-0.2, -0.15) is 0 Å². The second kappa shape index (κ2) is 7.37. The molecule has 5 nitrogen and oxygen atoms in total. The molecular weight excluding hydrogens is 352 g/mol. The molecule has 1 aliphatic carbocycles. The van der Waals surface area contributed by atoms with E-state index in [1.807, 2.05) is 23.1 Å². The lowest BCUT2D eigenvalue weighted by molar-refractivity contribution is -0.161. The van der Waals surface area contributed by atoms with Crippen LogP contribution in [0.4, 0.5) is 0 Å². The Kier molecular flexibility index (Phi) is 5.13. The van der Waals surface area contributed by atoms with Crippen molar-refractivity contribution in [1.82, 2.24) is 9.80 Å². The molecule has 1 aromatic rings. The molecule has 1 aromatic carbocycles. The molecular formula is C20H27ClN2O3. The maximum atomic E-state index is 13.0. The van der Waals surface area contributed by atoms with Gasteiger partial charge in [0.15, 0.2) is 5.60 Å². The Morgan fingerprint density at radius 3 is 2.88 bits per heavy atom. The number of halogens is 1. The SMILES string of the molecule is O=C1N(CC2CCC2)CCCC1(O)CN1CCOc2ccc(Cl)cc2C1. The predicted octanol–water partition coefficient (Wildman–Crippen LogP) is 2.69. The van der Waals surface area contributed by atoms with E-state index >= 15 is 0 Å². The minimum atomic E-state index is -1.29. The third kappa shape index (κ3) is 3.71. The van der Waals surface area contributed by atoms with Gasteiger partial charge in [0.2, 0.25) is 0 Å². The van der Waals surface area contributed by atoms with Crippen LogP contribution in [0.5, 0.6) is 5.75 Å². The molecule has 1 unspecified atom stereocenters. The molecule has 0 bridgehead atoms. The minimum absolute atomic E-state index is 0.0906. The zero-order valence-corrected chi connectivity index (χ0v) is 15.9. The molecule has 2 heterocycles. The summed E-state index contributed by atoms with van der Waals surface area (Å²) in [6.45, 7) is 3.80. The van der Waals surface area contributed by atoms with Gasteiger partial charge in [-0.25, -0.2) is 0 Å². The van der Waals surface area contributed by atoms with E-state index in [0.29, 0.717) is 43.6 Å². The molecule has 6 heteroatoms. The molecule has 3 aliphatic rings. The van der Waals surface area contributed by atoms with Gasteiger partial charge in [-0.1, -0.05) is 18.0 Å². The summed E-state index contributed by atoms with van der Waals surface area (Å²) in [6.07, 6.45) is 5.09. The van der Waals surface area contributed by atoms with Gasteiger partial charge in [-0.15, -0.1) is 0 Å². The molecule has 0 radical (unpaired) electrons. The van der Waals surface area contributed by atoms with Gasteiger partial charge >= 0.3 is 0 Å². The number of hydrogen-bond donors (Lipinski definition) is 1. The first kappa shape index (κ1) is 18.1. The quantitative estimate of drug-likeness (QED) is 0.875. The number of rotatable bonds is 4. The molecule has 0 spiro atoms. The van der Waals surface area contributed by atoms with Gasteiger partial charge in [0.05, 0.1) is 0 Å². The van der Waals surface area contributed by atoms with Gasteiger partial charge < -0.3 is 14.7 Å². The van der Waals surface area contributed by atoms with E-state index < -0.39 is 5.60 Å². The van der Waals surface area contributed by atoms with E-state index in [1.165, 1.54) is 19.3 Å². The van der Waals surface area contributed by atoms with E-state index in [9.17, 15) is 9.90 Å². The number of amides is 1. The number of benzene rings is 1. The number of nitrogens with zero attached hydrogens (tertiary/aromatic N) is 2. The Labute approximate surface area is 159 Å². The highest BCUT2D eigenvalue weighted by Gasteiger charge is 2.44. The van der Waals surface area contributed by atoms with Crippen LogP contribution in [-0.2, 0) is 11.3 Å². The summed E-state index contributed by atoms with van der Waals surface area (Å²) in [7, 11) is 0. The fourth-order valence-corrected chi connectivity index (χ4v) is 4.49. The van der Waals surface area contributed by atoms with E-state index in [1.54, 1.807) is 0 Å². The molecule has 1 saturated heterocycles. The standard InChI is InChI=1S/C20H27ClN2O3/c21-17-5-6-18-16(11-17)13-22(9-10-26-18)14-20(25)7-2-8-23(19(20)24)12-15-3-1-4-15/h5-6,11,15,25H,1-4,7-10,12-14H2. The number of hydrogen-bond acceptors (Lipinski definition) is 4. The van der Waals surface area contributed by atoms with E-state index in [-0.39, 0.29) is 5.91 Å². The fraction of sp³-hybridized carbons (Fsp3) is 0.650. The normalized spacial score (nSPS) is 27.5. The largest absolute Gasteiger partial charge is 0.492 e. The number of fused-ring (bicyclic) bond motifs is 1. The van der Waals surface area contributed by atoms with Crippen LogP contribution in [0.3, 0.4) is 0 Å². The molecule has 0 aromatic heterocycles. The van der Waals surface area contributed by atoms with Gasteiger partial charge in [0, 0.05) is 43.3 Å². The van der Waals surface area contributed by atoms with Crippen LogP contribution < -0.4 is 4.74 Å². The summed E-state index contributed by atoms with van der Waals surface area (Å²) in [5.74, 6) is 1.37. The lowest BCUT2D eigenvalue weighted by atomic mass is 9.83. The van der Waals surface area contributed by atoms with Crippen molar-refractivity contribution < 1.29 is 14.6 Å². The van der Waals surface area contributed by atoms with Gasteiger partial charge in [0.25, 0.3) is 5.91 Å². The molecule has 142 valence electrons. The van der Waals surface area contributed by atoms with Crippen molar-refractivity contribution in [1.29, 1.82) is 0 Å². The average Bonchev–Trinajstić information content (AvgIpc) is 2.75. The monoisotopic (exact) mass is 378 g/mol. The molecule has 4 rings (SSSR count). The van der Waals surface area contributed by atoms with Gasteiger partial charge in [-0.3, -0.25) is 9.69 Å². The van der Waals surface area contributed by atoms with Crippen LogP contribution in [0.25, 0.3) is 0 Å². The lowest BCUT2D eigenvalue weighted by Gasteiger charge is -2.42. The maximum Gasteiger partial charge on any atom is 0.255 e. The molecule has 1 N–H and O–H groups in total. The molecule has 2 fully saturated rings. The smallest absolute Gasteiger partial charge is 0.255 e. The Hall–Kier alpha value is -1.30. The summed E-state index contributed by atoms with van der Waals surface area (Å²) >= 11 is 6.12. The first-order valence-corrected chi connectivity index (χ1v) is 10.1. The van der Waals surface area contributed by atoms with E-state index in [2.05, 4.69) is 4.90 Å². The van der Waals surface area contributed by atoms with E-state index in [0.717, 1.165) is 30.8 Å². The third-order valence-electron chi connectivity index (χ3n) is 5.97. The maximum absolute atomic E-state index is 13.0. The number of β-amino-alcohol motifs (C(OH)–C–C–N with tert-alkyl or cyclic N) is 1. The Bertz CT molecular complexity index is 679. The molecule has 1 atom stereocenters. The summed E-state index contributed by atoms with van der Waals surface area (Å²) < 4.78 is 5.80. The summed E-state index contributed by atoms with van der Waals surface area (Å²) in [6, 6.07) is 5.62. The van der Waals surface area contributed by atoms with Crippen LogP contribution in [0, 0.1) is 5.92 Å². The predicted molar refractivity (Wildman–Crippen MR) is 100 cm³/mol. The van der Waals surface area contributed by atoms with Crippen LogP contribution in [-0.4, -0.2) is 59.2 Å². The average molecular weight is 379 g/mol. The zero-order chi connectivity index (χ0) is 18.1. The van der Waals surface area contributed by atoms with Crippen molar-refractivity contribution in [2.75, 3.05) is 32.8 Å². The van der Waals surface area contributed by atoms with Gasteiger partial charge in [0.1, 0.15) is 12.4 Å². The number of piperidine rings is 1. The Balaban J connectivity index is 1.45. The van der Waals surface area contributed by atoms with Crippen LogP contribution in [0.1, 0.15) is 37.7 Å². The first-order valence-electron chi connectivity index (χ1n) is 9.69. The molecule has 26 heavy (non-hydrogen) atoms. The van der Waals surface area contributed by atoms with Crippen molar-refractivity contribution in [3.63, 3.8) is 0 Å². The summed E-state index contributed by atoms with van der Waals surface area (Å²) in [5.41, 5.74) is -0.279. The third-order valence-corrected chi connectivity index (χ3v) is 6.21. The van der Waals surface area contributed by atoms with Gasteiger partial charge in [-0.05, 0) is 49.8 Å². The number of likely N-dealkylation sites (tertiary alicyclic amines) is 1.